The molecule has 2 aliphatic heterocycles. The summed E-state index contributed by atoms with van der Waals surface area (Å²) in [5.74, 6) is 0.802. The molecule has 0 radical (unpaired) electrons. The molecule has 174 valence electrons. The van der Waals surface area contributed by atoms with Gasteiger partial charge in [0.25, 0.3) is 0 Å². The standard InChI is InChI=1S/C22H30N4O4S2/c1-17-23-19(16-31-17)15-24-9-7-18(8-10-24)22(27)25-11-13-26(14-12-25)32(28,29)21-5-3-20(30-2)4-6-21/h3-6,16,18H,7-15H2,1-2H3. The summed E-state index contributed by atoms with van der Waals surface area (Å²) >= 11 is 1.67. The highest BCUT2D eigenvalue weighted by Gasteiger charge is 2.34. The van der Waals surface area contributed by atoms with Crippen molar-refractivity contribution >= 4 is 27.3 Å². The lowest BCUT2D eigenvalue weighted by molar-refractivity contribution is -0.138. The number of sulfonamides is 1. The molecule has 4 rings (SSSR count). The molecule has 32 heavy (non-hydrogen) atoms. The van der Waals surface area contributed by atoms with Crippen LogP contribution in [-0.2, 0) is 21.4 Å². The Morgan fingerprint density at radius 3 is 2.31 bits per heavy atom. The second kappa shape index (κ2) is 9.86. The minimum absolute atomic E-state index is 0.0214. The first-order valence-corrected chi connectivity index (χ1v) is 13.2. The Labute approximate surface area is 193 Å². The number of methoxy groups -OCH3 is 1. The zero-order valence-corrected chi connectivity index (χ0v) is 20.2. The average Bonchev–Trinajstić information content (AvgIpc) is 3.23. The van der Waals surface area contributed by atoms with E-state index in [-0.39, 0.29) is 16.7 Å². The van der Waals surface area contributed by atoms with E-state index in [2.05, 4.69) is 15.3 Å². The van der Waals surface area contributed by atoms with Crippen LogP contribution in [0.15, 0.2) is 34.5 Å². The van der Waals surface area contributed by atoms with E-state index in [4.69, 9.17) is 4.74 Å². The normalized spacial score (nSPS) is 19.2. The predicted molar refractivity (Wildman–Crippen MR) is 123 cm³/mol. The molecular formula is C22H30N4O4S2. The number of hydrogen-bond donors (Lipinski definition) is 0. The van der Waals surface area contributed by atoms with Crippen LogP contribution < -0.4 is 4.74 Å². The topological polar surface area (TPSA) is 83.1 Å². The Bertz CT molecular complexity index is 1020. The zero-order valence-electron chi connectivity index (χ0n) is 18.6. The highest BCUT2D eigenvalue weighted by Crippen LogP contribution is 2.24. The zero-order chi connectivity index (χ0) is 22.7. The Hall–Kier alpha value is -2.01. The van der Waals surface area contributed by atoms with E-state index in [1.165, 1.54) is 4.31 Å². The molecule has 1 aromatic heterocycles. The molecule has 2 aromatic rings. The van der Waals surface area contributed by atoms with Gasteiger partial charge in [0.2, 0.25) is 15.9 Å². The lowest BCUT2D eigenvalue weighted by atomic mass is 9.95. The fraction of sp³-hybridized carbons (Fsp3) is 0.545. The summed E-state index contributed by atoms with van der Waals surface area (Å²) < 4.78 is 32.4. The molecule has 1 amide bonds. The lowest BCUT2D eigenvalue weighted by Crippen LogP contribution is -2.52. The van der Waals surface area contributed by atoms with Crippen molar-refractivity contribution in [3.8, 4) is 5.75 Å². The number of aryl methyl sites for hydroxylation is 1. The number of piperidine rings is 1. The van der Waals surface area contributed by atoms with Crippen molar-refractivity contribution in [3.05, 3.63) is 40.3 Å². The second-order valence-corrected chi connectivity index (χ2v) is 11.3. The molecule has 8 nitrogen and oxygen atoms in total. The SMILES string of the molecule is COc1ccc(S(=O)(=O)N2CCN(C(=O)C3CCN(Cc4csc(C)n4)CC3)CC2)cc1. The van der Waals surface area contributed by atoms with E-state index < -0.39 is 10.0 Å². The molecule has 0 bridgehead atoms. The quantitative estimate of drug-likeness (QED) is 0.633. The van der Waals surface area contributed by atoms with Crippen LogP contribution in [0.25, 0.3) is 0 Å². The van der Waals surface area contributed by atoms with Crippen molar-refractivity contribution in [2.45, 2.75) is 31.2 Å². The first-order chi connectivity index (χ1) is 15.4. The van der Waals surface area contributed by atoms with Gasteiger partial charge in [0, 0.05) is 44.0 Å². The lowest BCUT2D eigenvalue weighted by Gasteiger charge is -2.38. The summed E-state index contributed by atoms with van der Waals surface area (Å²) in [4.78, 5) is 22.0. The number of likely N-dealkylation sites (tertiary alicyclic amines) is 1. The number of benzene rings is 1. The summed E-state index contributed by atoms with van der Waals surface area (Å²) in [6.45, 7) is 6.15. The van der Waals surface area contributed by atoms with Gasteiger partial charge in [-0.2, -0.15) is 4.31 Å². The molecule has 2 aliphatic rings. The maximum atomic E-state index is 13.0. The van der Waals surface area contributed by atoms with Crippen molar-refractivity contribution in [3.63, 3.8) is 0 Å². The molecule has 0 unspecified atom stereocenters. The summed E-state index contributed by atoms with van der Waals surface area (Å²) in [5, 5.41) is 3.18. The van der Waals surface area contributed by atoms with E-state index in [0.29, 0.717) is 31.9 Å². The fourth-order valence-electron chi connectivity index (χ4n) is 4.35. The Kier molecular flexibility index (Phi) is 7.14. The Balaban J connectivity index is 1.27. The van der Waals surface area contributed by atoms with Gasteiger partial charge in [0.15, 0.2) is 0 Å². The molecule has 2 fully saturated rings. The summed E-state index contributed by atoms with van der Waals surface area (Å²) in [5.41, 5.74) is 1.10. The molecule has 0 aliphatic carbocycles. The number of amides is 1. The molecule has 0 saturated carbocycles. The number of ether oxygens (including phenoxy) is 1. The van der Waals surface area contributed by atoms with Crippen LogP contribution in [0.2, 0.25) is 0 Å². The van der Waals surface area contributed by atoms with Gasteiger partial charge in [-0.25, -0.2) is 13.4 Å². The van der Waals surface area contributed by atoms with Gasteiger partial charge in [-0.15, -0.1) is 11.3 Å². The minimum Gasteiger partial charge on any atom is -0.497 e. The first kappa shape index (κ1) is 23.2. The summed E-state index contributed by atoms with van der Waals surface area (Å²) in [6, 6.07) is 6.42. The molecular weight excluding hydrogens is 448 g/mol. The first-order valence-electron chi connectivity index (χ1n) is 10.9. The number of aromatic nitrogens is 1. The van der Waals surface area contributed by atoms with Crippen LogP contribution in [0.4, 0.5) is 0 Å². The highest BCUT2D eigenvalue weighted by atomic mass is 32.2. The number of hydrogen-bond acceptors (Lipinski definition) is 7. The fourth-order valence-corrected chi connectivity index (χ4v) is 6.38. The van der Waals surface area contributed by atoms with E-state index >= 15 is 0 Å². The molecule has 0 atom stereocenters. The van der Waals surface area contributed by atoms with Crippen LogP contribution in [-0.4, -0.2) is 79.8 Å². The van der Waals surface area contributed by atoms with Gasteiger partial charge >= 0.3 is 0 Å². The van der Waals surface area contributed by atoms with Crippen LogP contribution in [0, 0.1) is 12.8 Å². The molecule has 10 heteroatoms. The number of rotatable bonds is 6. The smallest absolute Gasteiger partial charge is 0.243 e. The molecule has 1 aromatic carbocycles. The maximum absolute atomic E-state index is 13.0. The van der Waals surface area contributed by atoms with E-state index in [1.54, 1.807) is 42.7 Å². The van der Waals surface area contributed by atoms with Crippen LogP contribution in [0.1, 0.15) is 23.5 Å². The summed E-state index contributed by atoms with van der Waals surface area (Å²) in [6.07, 6.45) is 1.68. The van der Waals surface area contributed by atoms with Gasteiger partial charge in [0.05, 0.1) is 22.7 Å². The maximum Gasteiger partial charge on any atom is 0.243 e. The number of carbonyl (C=O) groups is 1. The largest absolute Gasteiger partial charge is 0.497 e. The minimum atomic E-state index is -3.57. The van der Waals surface area contributed by atoms with Crippen LogP contribution in [0.3, 0.4) is 0 Å². The highest BCUT2D eigenvalue weighted by molar-refractivity contribution is 7.89. The molecule has 3 heterocycles. The van der Waals surface area contributed by atoms with Gasteiger partial charge in [-0.1, -0.05) is 0 Å². The van der Waals surface area contributed by atoms with Crippen molar-refractivity contribution in [2.75, 3.05) is 46.4 Å². The molecule has 0 spiro atoms. The van der Waals surface area contributed by atoms with E-state index in [1.807, 2.05) is 11.8 Å². The monoisotopic (exact) mass is 478 g/mol. The third-order valence-corrected chi connectivity index (χ3v) is 8.97. The average molecular weight is 479 g/mol. The van der Waals surface area contributed by atoms with Gasteiger partial charge < -0.3 is 9.64 Å². The number of carbonyl (C=O) groups excluding carboxylic acids is 1. The molecule has 0 N–H and O–H groups in total. The van der Waals surface area contributed by atoms with Crippen LogP contribution in [0.5, 0.6) is 5.75 Å². The second-order valence-electron chi connectivity index (χ2n) is 8.31. The third kappa shape index (κ3) is 5.14. The van der Waals surface area contributed by atoms with Crippen molar-refractivity contribution in [1.82, 2.24) is 19.1 Å². The Morgan fingerprint density at radius 1 is 1.09 bits per heavy atom. The van der Waals surface area contributed by atoms with E-state index in [9.17, 15) is 13.2 Å². The van der Waals surface area contributed by atoms with E-state index in [0.717, 1.165) is 43.2 Å². The predicted octanol–water partition coefficient (Wildman–Crippen LogP) is 2.21. The van der Waals surface area contributed by atoms with Crippen LogP contribution >= 0.6 is 11.3 Å². The van der Waals surface area contributed by atoms with Crippen molar-refractivity contribution < 1.29 is 17.9 Å². The number of nitrogens with zero attached hydrogens (tertiary/aromatic N) is 4. The van der Waals surface area contributed by atoms with Gasteiger partial charge in [-0.3, -0.25) is 9.69 Å². The van der Waals surface area contributed by atoms with Crippen molar-refractivity contribution in [1.29, 1.82) is 0 Å². The van der Waals surface area contributed by atoms with Crippen molar-refractivity contribution in [2.24, 2.45) is 5.92 Å². The van der Waals surface area contributed by atoms with Gasteiger partial charge in [0.1, 0.15) is 5.75 Å². The third-order valence-electron chi connectivity index (χ3n) is 6.24. The number of piperazine rings is 1. The summed E-state index contributed by atoms with van der Waals surface area (Å²) in [7, 11) is -2.02. The number of thiazole rings is 1. The Morgan fingerprint density at radius 2 is 1.75 bits per heavy atom. The van der Waals surface area contributed by atoms with Gasteiger partial charge in [-0.05, 0) is 57.1 Å². The molecule has 2 saturated heterocycles.